The Hall–Kier alpha value is -0.830. The minimum atomic E-state index is -0.611. The van der Waals surface area contributed by atoms with Crippen LogP contribution in [0.4, 0.5) is 0 Å². The maximum atomic E-state index is 12.8. The number of ether oxygens (including phenoxy) is 1. The van der Waals surface area contributed by atoms with Crippen LogP contribution in [-0.2, 0) is 14.3 Å². The van der Waals surface area contributed by atoms with E-state index in [1.807, 2.05) is 6.26 Å². The maximum absolute atomic E-state index is 12.8. The van der Waals surface area contributed by atoms with Crippen molar-refractivity contribution in [3.05, 3.63) is 0 Å². The highest BCUT2D eigenvalue weighted by atomic mass is 32.2. The van der Waals surface area contributed by atoms with Crippen LogP contribution < -0.4 is 5.32 Å². The van der Waals surface area contributed by atoms with Crippen molar-refractivity contribution < 1.29 is 29.6 Å². The van der Waals surface area contributed by atoms with Crippen LogP contribution in [0.2, 0.25) is 0 Å². The van der Waals surface area contributed by atoms with Gasteiger partial charge in [0.05, 0.1) is 25.4 Å². The Bertz CT molecular complexity index is 857. The van der Waals surface area contributed by atoms with E-state index in [1.54, 1.807) is 11.8 Å². The molecule has 0 aromatic carbocycles. The average Bonchev–Trinajstić information content (AvgIpc) is 3.24. The van der Waals surface area contributed by atoms with Crippen molar-refractivity contribution in [1.29, 1.82) is 0 Å². The molecule has 4 fully saturated rings. The predicted molar refractivity (Wildman–Crippen MR) is 149 cm³/mol. The van der Waals surface area contributed by atoms with E-state index in [9.17, 15) is 24.9 Å². The van der Waals surface area contributed by atoms with Gasteiger partial charge >= 0.3 is 5.97 Å². The number of hydrogen-bond acceptors (Lipinski definition) is 7. The molecule has 4 saturated carbocycles. The van der Waals surface area contributed by atoms with Gasteiger partial charge in [0.25, 0.3) is 0 Å². The minimum absolute atomic E-state index is 0.0691. The summed E-state index contributed by atoms with van der Waals surface area (Å²) in [5.74, 6) is 1.84. The first-order valence-electron chi connectivity index (χ1n) is 14.9. The van der Waals surface area contributed by atoms with Crippen LogP contribution in [0.15, 0.2) is 0 Å². The summed E-state index contributed by atoms with van der Waals surface area (Å²) in [5.41, 5.74) is -0.206. The number of amides is 1. The van der Waals surface area contributed by atoms with E-state index in [-0.39, 0.29) is 58.5 Å². The molecule has 1 amide bonds. The molecule has 4 aliphatic carbocycles. The standard InChI is InChI=1S/C30H51NO6S/c1-17(6-9-26(35)31-23(11-13-38-5)28(36)37-4)20-7-8-21-27-22(16-25(34)30(20,21)3)29(2)12-10-19(32)14-18(29)15-24(27)33/h17-25,27,32-34H,6-16H2,1-5H3,(H,31,35)/t17-,18+,19-,20-,21+,22+,23?,24-,25+,27+,29+,30-/m1/s1. The quantitative estimate of drug-likeness (QED) is 0.321. The lowest BCUT2D eigenvalue weighted by Crippen LogP contribution is -2.62. The third-order valence-corrected chi connectivity index (χ3v) is 12.4. The number of fused-ring (bicyclic) bond motifs is 5. The summed E-state index contributed by atoms with van der Waals surface area (Å²) < 4.78 is 4.88. The van der Waals surface area contributed by atoms with Crippen molar-refractivity contribution in [3.63, 3.8) is 0 Å². The third-order valence-electron chi connectivity index (χ3n) is 11.8. The number of nitrogens with one attached hydrogen (secondary N) is 1. The summed E-state index contributed by atoms with van der Waals surface area (Å²) in [5, 5.41) is 36.4. The van der Waals surface area contributed by atoms with Gasteiger partial charge in [-0.15, -0.1) is 0 Å². The van der Waals surface area contributed by atoms with E-state index in [0.717, 1.165) is 50.7 Å². The van der Waals surface area contributed by atoms with E-state index in [2.05, 4.69) is 26.1 Å². The second-order valence-corrected chi connectivity index (χ2v) is 14.5. The molecule has 7 nitrogen and oxygen atoms in total. The average molecular weight is 554 g/mol. The van der Waals surface area contributed by atoms with E-state index in [4.69, 9.17) is 4.74 Å². The Morgan fingerprint density at radius 3 is 2.47 bits per heavy atom. The van der Waals surface area contributed by atoms with Crippen LogP contribution in [0, 0.1) is 46.3 Å². The number of aliphatic hydroxyl groups excluding tert-OH is 3. The zero-order chi connectivity index (χ0) is 27.8. The van der Waals surface area contributed by atoms with Gasteiger partial charge in [0.1, 0.15) is 6.04 Å². The molecule has 0 heterocycles. The zero-order valence-corrected chi connectivity index (χ0v) is 24.8. The van der Waals surface area contributed by atoms with Gasteiger partial charge in [-0.25, -0.2) is 4.79 Å². The van der Waals surface area contributed by atoms with E-state index < -0.39 is 18.1 Å². The van der Waals surface area contributed by atoms with Gasteiger partial charge < -0.3 is 25.4 Å². The van der Waals surface area contributed by atoms with Crippen LogP contribution in [0.25, 0.3) is 0 Å². The molecule has 4 aliphatic rings. The van der Waals surface area contributed by atoms with Crippen LogP contribution in [0.5, 0.6) is 0 Å². The third kappa shape index (κ3) is 5.40. The molecule has 0 spiro atoms. The minimum Gasteiger partial charge on any atom is -0.467 e. The summed E-state index contributed by atoms with van der Waals surface area (Å²) in [6.45, 7) is 6.80. The first kappa shape index (κ1) is 30.1. The molecule has 4 rings (SSSR count). The van der Waals surface area contributed by atoms with Gasteiger partial charge in [0, 0.05) is 6.42 Å². The number of hydrogen-bond donors (Lipinski definition) is 4. The lowest BCUT2D eigenvalue weighted by Gasteiger charge is -2.63. The number of carbonyl (C=O) groups is 2. The lowest BCUT2D eigenvalue weighted by molar-refractivity contribution is -0.207. The first-order valence-corrected chi connectivity index (χ1v) is 16.3. The Labute approximate surface area is 233 Å². The molecule has 0 bridgehead atoms. The molecular formula is C30H51NO6S. The predicted octanol–water partition coefficient (Wildman–Crippen LogP) is 3.78. The molecule has 4 N–H and O–H groups in total. The molecule has 8 heteroatoms. The monoisotopic (exact) mass is 553 g/mol. The number of thioether (sulfide) groups is 1. The Balaban J connectivity index is 1.42. The van der Waals surface area contributed by atoms with E-state index in [1.165, 1.54) is 7.11 Å². The van der Waals surface area contributed by atoms with Gasteiger partial charge in [-0.2, -0.15) is 11.8 Å². The normalized spacial score (nSPS) is 43.8. The zero-order valence-electron chi connectivity index (χ0n) is 24.0. The number of aliphatic hydroxyl groups is 3. The largest absolute Gasteiger partial charge is 0.467 e. The molecule has 0 aromatic rings. The molecule has 0 saturated heterocycles. The molecule has 218 valence electrons. The molecule has 0 radical (unpaired) electrons. The molecule has 12 atom stereocenters. The van der Waals surface area contributed by atoms with Crippen molar-refractivity contribution in [1.82, 2.24) is 5.32 Å². The smallest absolute Gasteiger partial charge is 0.328 e. The second-order valence-electron chi connectivity index (χ2n) is 13.5. The van der Waals surface area contributed by atoms with Crippen LogP contribution in [0.1, 0.15) is 85.0 Å². The van der Waals surface area contributed by atoms with Crippen LogP contribution in [-0.4, -0.2) is 70.7 Å². The van der Waals surface area contributed by atoms with Gasteiger partial charge in [-0.05, 0) is 116 Å². The summed E-state index contributed by atoms with van der Waals surface area (Å²) in [6, 6.07) is -0.611. The maximum Gasteiger partial charge on any atom is 0.328 e. The first-order chi connectivity index (χ1) is 18.0. The Morgan fingerprint density at radius 1 is 1.05 bits per heavy atom. The molecule has 1 unspecified atom stereocenters. The fourth-order valence-corrected chi connectivity index (χ4v) is 10.1. The second kappa shape index (κ2) is 12.0. The van der Waals surface area contributed by atoms with Crippen molar-refractivity contribution in [2.24, 2.45) is 46.3 Å². The van der Waals surface area contributed by atoms with E-state index in [0.29, 0.717) is 25.2 Å². The fourth-order valence-electron chi connectivity index (χ4n) is 9.59. The van der Waals surface area contributed by atoms with Crippen molar-refractivity contribution >= 4 is 23.6 Å². The summed E-state index contributed by atoms with van der Waals surface area (Å²) in [6.07, 6.45) is 8.56. The number of methoxy groups -OCH3 is 1. The molecular weight excluding hydrogens is 502 g/mol. The number of rotatable bonds is 9. The van der Waals surface area contributed by atoms with Gasteiger partial charge in [-0.1, -0.05) is 20.8 Å². The van der Waals surface area contributed by atoms with Crippen molar-refractivity contribution in [2.75, 3.05) is 19.1 Å². The summed E-state index contributed by atoms with van der Waals surface area (Å²) in [4.78, 5) is 24.9. The highest BCUT2D eigenvalue weighted by Gasteiger charge is 2.65. The molecule has 0 aliphatic heterocycles. The van der Waals surface area contributed by atoms with Gasteiger partial charge in [0.15, 0.2) is 0 Å². The summed E-state index contributed by atoms with van der Waals surface area (Å²) in [7, 11) is 1.35. The van der Waals surface area contributed by atoms with Crippen LogP contribution >= 0.6 is 11.8 Å². The summed E-state index contributed by atoms with van der Waals surface area (Å²) >= 11 is 1.63. The molecule has 38 heavy (non-hydrogen) atoms. The Morgan fingerprint density at radius 2 is 1.79 bits per heavy atom. The van der Waals surface area contributed by atoms with Gasteiger partial charge in [0.2, 0.25) is 5.91 Å². The fraction of sp³-hybridized carbons (Fsp3) is 0.933. The highest BCUT2D eigenvalue weighted by Crippen LogP contribution is 2.68. The van der Waals surface area contributed by atoms with E-state index >= 15 is 0 Å². The molecule has 0 aromatic heterocycles. The van der Waals surface area contributed by atoms with Crippen molar-refractivity contribution in [3.8, 4) is 0 Å². The lowest BCUT2D eigenvalue weighted by atomic mass is 9.43. The van der Waals surface area contributed by atoms with Crippen molar-refractivity contribution in [2.45, 2.75) is 109 Å². The van der Waals surface area contributed by atoms with Crippen LogP contribution in [0.3, 0.4) is 0 Å². The SMILES string of the molecule is COC(=O)C(CCSC)NC(=O)CC[C@@H](C)[C@H]1CC[C@H]2[C@@H]3[C@H](O)C[C@@H]4C[C@H](O)CC[C@]4(C)[C@H]3C[C@H](O)[C@]12C. The number of carbonyl (C=O) groups excluding carboxylic acids is 2. The van der Waals surface area contributed by atoms with Gasteiger partial charge in [-0.3, -0.25) is 4.79 Å². The Kier molecular flexibility index (Phi) is 9.48. The number of esters is 1. The topological polar surface area (TPSA) is 116 Å². The highest BCUT2D eigenvalue weighted by molar-refractivity contribution is 7.98.